The molecule has 0 aromatic rings. The number of hydrogen-bond acceptors (Lipinski definition) is 16. The smallest absolute Gasteiger partial charge is 0.187 e. The molecule has 16 atom stereocenters. The number of rotatable bonds is 12. The van der Waals surface area contributed by atoms with Crippen LogP contribution >= 0.6 is 0 Å². The number of ether oxygens (including phenoxy) is 6. The molecule has 40 heavy (non-hydrogen) atoms. The summed E-state index contributed by atoms with van der Waals surface area (Å²) >= 11 is 0. The lowest BCUT2D eigenvalue weighted by atomic mass is 9.87. The van der Waals surface area contributed by atoms with E-state index in [0.717, 1.165) is 0 Å². The molecule has 3 aliphatic heterocycles. The molecule has 0 aromatic carbocycles. The lowest BCUT2D eigenvalue weighted by molar-refractivity contribution is -0.370. The highest BCUT2D eigenvalue weighted by molar-refractivity contribution is 4.95. The van der Waals surface area contributed by atoms with Crippen LogP contribution in [-0.2, 0) is 28.4 Å². The number of aliphatic hydroxyl groups excluding tert-OH is 9. The molecule has 0 aromatic heterocycles. The lowest BCUT2D eigenvalue weighted by Crippen LogP contribution is -2.64. The second kappa shape index (κ2) is 15.2. The molecule has 6 unspecified atom stereocenters. The molecule has 3 heterocycles. The van der Waals surface area contributed by atoms with Gasteiger partial charge in [0.1, 0.15) is 48.8 Å². The number of aliphatic hydroxyl groups is 9. The molecule has 11 N–H and O–H groups in total. The van der Waals surface area contributed by atoms with Gasteiger partial charge in [0.05, 0.1) is 44.7 Å². The van der Waals surface area contributed by atoms with Gasteiger partial charge >= 0.3 is 0 Å². The molecule has 0 spiro atoms. The summed E-state index contributed by atoms with van der Waals surface area (Å²) in [6.07, 6.45) is -19.0. The number of nitrogens with two attached hydrogens (primary N) is 1. The fraction of sp³-hybridized carbons (Fsp3) is 1.00. The molecule has 16 nitrogen and oxygen atoms in total. The van der Waals surface area contributed by atoms with Gasteiger partial charge in [-0.05, 0) is 0 Å². The zero-order chi connectivity index (χ0) is 29.7. The highest BCUT2D eigenvalue weighted by Crippen LogP contribution is 2.35. The fourth-order valence-electron chi connectivity index (χ4n) is 5.19. The number of hydrogen-bond donors (Lipinski definition) is 10. The second-order valence-electron chi connectivity index (χ2n) is 10.6. The van der Waals surface area contributed by atoms with Crippen LogP contribution in [0.1, 0.15) is 20.3 Å². The van der Waals surface area contributed by atoms with Gasteiger partial charge in [0.25, 0.3) is 0 Å². The predicted octanol–water partition coefficient (Wildman–Crippen LogP) is -5.29. The summed E-state index contributed by atoms with van der Waals surface area (Å²) in [5.74, 6) is -1.30. The average Bonchev–Trinajstić information content (AvgIpc) is 2.95. The Morgan fingerprint density at radius 3 is 2.05 bits per heavy atom. The summed E-state index contributed by atoms with van der Waals surface area (Å²) in [7, 11) is 0. The van der Waals surface area contributed by atoms with E-state index in [9.17, 15) is 46.0 Å². The molecular formula is C24H45NO15. The van der Waals surface area contributed by atoms with Gasteiger partial charge in [-0.3, -0.25) is 0 Å². The Morgan fingerprint density at radius 2 is 1.45 bits per heavy atom. The van der Waals surface area contributed by atoms with E-state index in [4.69, 9.17) is 34.2 Å². The van der Waals surface area contributed by atoms with Crippen LogP contribution in [0.25, 0.3) is 0 Å². The lowest BCUT2D eigenvalue weighted by Gasteiger charge is -2.48. The Bertz CT molecular complexity index is 751. The summed E-state index contributed by atoms with van der Waals surface area (Å²) in [6, 6.07) is 0. The van der Waals surface area contributed by atoms with Crippen LogP contribution in [0.3, 0.4) is 0 Å². The Labute approximate surface area is 231 Å². The van der Waals surface area contributed by atoms with Crippen LogP contribution in [0.5, 0.6) is 0 Å². The van der Waals surface area contributed by atoms with E-state index in [1.165, 1.54) is 0 Å². The van der Waals surface area contributed by atoms with Crippen molar-refractivity contribution in [2.24, 2.45) is 17.6 Å². The molecule has 0 saturated carbocycles. The van der Waals surface area contributed by atoms with Crippen molar-refractivity contribution in [3.63, 3.8) is 0 Å². The van der Waals surface area contributed by atoms with Gasteiger partial charge in [0.2, 0.25) is 0 Å². The third-order valence-electron chi connectivity index (χ3n) is 7.77. The molecule has 0 aliphatic carbocycles. The first-order valence-corrected chi connectivity index (χ1v) is 13.5. The van der Waals surface area contributed by atoms with E-state index >= 15 is 0 Å². The molecule has 3 saturated heterocycles. The van der Waals surface area contributed by atoms with Crippen LogP contribution in [0.4, 0.5) is 0 Å². The first kappa shape index (κ1) is 33.9. The quantitative estimate of drug-likeness (QED) is 0.102. The Balaban J connectivity index is 1.75. The van der Waals surface area contributed by atoms with Gasteiger partial charge in [-0.1, -0.05) is 13.8 Å². The van der Waals surface area contributed by atoms with Crippen LogP contribution in [-0.4, -0.2) is 165 Å². The van der Waals surface area contributed by atoms with Crippen LogP contribution < -0.4 is 5.73 Å². The SMILES string of the molecule is CC1[C@H](OCCN)OC(CO)[C@@H](O[C@@H]2OC(CO)[C@H](O)[C@H](OC3C[C@@H](O)[C@@H](C)C([C@H](O)[C@H](O)CO)O3)C2O)[C@@H]1O. The van der Waals surface area contributed by atoms with Crippen LogP contribution in [0, 0.1) is 11.8 Å². The largest absolute Gasteiger partial charge is 0.394 e. The highest BCUT2D eigenvalue weighted by Gasteiger charge is 2.52. The summed E-state index contributed by atoms with van der Waals surface area (Å²) in [5.41, 5.74) is 5.46. The van der Waals surface area contributed by atoms with E-state index in [2.05, 4.69) is 0 Å². The van der Waals surface area contributed by atoms with Crippen LogP contribution in [0.15, 0.2) is 0 Å². The summed E-state index contributed by atoms with van der Waals surface area (Å²) < 4.78 is 34.2. The first-order valence-electron chi connectivity index (χ1n) is 13.5. The van der Waals surface area contributed by atoms with Gasteiger partial charge in [0.15, 0.2) is 18.9 Å². The van der Waals surface area contributed by atoms with E-state index in [0.29, 0.717) is 0 Å². The van der Waals surface area contributed by atoms with Gasteiger partial charge in [0, 0.05) is 24.8 Å². The van der Waals surface area contributed by atoms with E-state index in [1.807, 2.05) is 0 Å². The fourth-order valence-corrected chi connectivity index (χ4v) is 5.19. The zero-order valence-electron chi connectivity index (χ0n) is 22.5. The minimum atomic E-state index is -1.72. The summed E-state index contributed by atoms with van der Waals surface area (Å²) in [6.45, 7) is 1.52. The van der Waals surface area contributed by atoms with Crippen molar-refractivity contribution < 1.29 is 74.4 Å². The third kappa shape index (κ3) is 7.46. The van der Waals surface area contributed by atoms with Crippen molar-refractivity contribution in [2.75, 3.05) is 33.0 Å². The molecule has 236 valence electrons. The molecule has 16 heteroatoms. The van der Waals surface area contributed by atoms with Gasteiger partial charge in [-0.25, -0.2) is 0 Å². The molecule has 3 rings (SSSR count). The van der Waals surface area contributed by atoms with E-state index in [1.54, 1.807) is 13.8 Å². The maximum atomic E-state index is 11.1. The molecule has 3 fully saturated rings. The summed E-state index contributed by atoms with van der Waals surface area (Å²) in [4.78, 5) is 0. The van der Waals surface area contributed by atoms with Crippen molar-refractivity contribution in [2.45, 2.75) is 106 Å². The minimum Gasteiger partial charge on any atom is -0.394 e. The normalized spacial score (nSPS) is 46.2. The summed E-state index contributed by atoms with van der Waals surface area (Å²) in [5, 5.41) is 92.5. The second-order valence-corrected chi connectivity index (χ2v) is 10.6. The molecule has 3 aliphatic rings. The predicted molar refractivity (Wildman–Crippen MR) is 131 cm³/mol. The maximum Gasteiger partial charge on any atom is 0.187 e. The van der Waals surface area contributed by atoms with Crippen molar-refractivity contribution in [1.82, 2.24) is 0 Å². The van der Waals surface area contributed by atoms with E-state index in [-0.39, 0.29) is 19.6 Å². The maximum absolute atomic E-state index is 11.1. The third-order valence-corrected chi connectivity index (χ3v) is 7.77. The molecule has 0 radical (unpaired) electrons. The Kier molecular flexibility index (Phi) is 12.9. The average molecular weight is 588 g/mol. The van der Waals surface area contributed by atoms with Crippen LogP contribution in [0.2, 0.25) is 0 Å². The molecule has 0 amide bonds. The van der Waals surface area contributed by atoms with Crippen molar-refractivity contribution in [1.29, 1.82) is 0 Å². The van der Waals surface area contributed by atoms with E-state index < -0.39 is 118 Å². The Morgan fingerprint density at radius 1 is 0.800 bits per heavy atom. The first-order chi connectivity index (χ1) is 19.0. The molecular weight excluding hydrogens is 542 g/mol. The highest BCUT2D eigenvalue weighted by atomic mass is 16.7. The van der Waals surface area contributed by atoms with Gasteiger partial charge in [-0.2, -0.15) is 0 Å². The zero-order valence-corrected chi connectivity index (χ0v) is 22.5. The minimum absolute atomic E-state index is 0.130. The monoisotopic (exact) mass is 587 g/mol. The van der Waals surface area contributed by atoms with Crippen molar-refractivity contribution >= 4 is 0 Å². The Hall–Kier alpha value is -0.640. The van der Waals surface area contributed by atoms with Gasteiger partial charge in [-0.15, -0.1) is 0 Å². The van der Waals surface area contributed by atoms with Gasteiger partial charge < -0.3 is 80.1 Å². The standard InChI is InChI=1S/C24H45NO15/c1-9-11(29)5-15(38-20(9)17(32)12(30)6-26)39-22-18(33)13(7-27)36-24(19(22)34)40-21-14(8-28)37-23(35-4-3-25)10(2)16(21)31/h9-24,26-34H,3-8,25H2,1-2H3/t9-,10?,11-,12-,13?,14?,15?,16-,17-,18+,19?,20?,21-,22+,23-,24+/m1/s1. The van der Waals surface area contributed by atoms with Crippen molar-refractivity contribution in [3.8, 4) is 0 Å². The molecule has 0 bridgehead atoms. The van der Waals surface area contributed by atoms with Crippen molar-refractivity contribution in [3.05, 3.63) is 0 Å². The topological polar surface area (TPSA) is 263 Å².